The van der Waals surface area contributed by atoms with E-state index in [0.717, 1.165) is 11.1 Å². The molecule has 1 saturated heterocycles. The Bertz CT molecular complexity index is 1040. The number of aromatic nitrogens is 2. The lowest BCUT2D eigenvalue weighted by Gasteiger charge is -2.21. The zero-order valence-electron chi connectivity index (χ0n) is 15.7. The lowest BCUT2D eigenvalue weighted by atomic mass is 9.99. The standard InChI is InChI=1S/C21H20N4O3/c1-13-5-3-4-6-18(13)15-7-9-16(10-8-15)21(26)25-12-17(23-27)11-19(25)20-22-14(2)24-28-20/h3-10,19,27H,11-12H2,1-2H3/b23-17+/t19-/m0/s1. The quantitative estimate of drug-likeness (QED) is 0.555. The van der Waals surface area contributed by atoms with Gasteiger partial charge in [-0.2, -0.15) is 4.98 Å². The number of benzene rings is 2. The number of likely N-dealkylation sites (tertiary alicyclic amines) is 1. The first-order valence-electron chi connectivity index (χ1n) is 9.04. The van der Waals surface area contributed by atoms with Crippen molar-refractivity contribution in [3.05, 3.63) is 71.4 Å². The van der Waals surface area contributed by atoms with Crippen LogP contribution in [0.2, 0.25) is 0 Å². The summed E-state index contributed by atoms with van der Waals surface area (Å²) >= 11 is 0. The first kappa shape index (κ1) is 17.9. The molecular formula is C21H20N4O3. The highest BCUT2D eigenvalue weighted by molar-refractivity contribution is 6.00. The molecule has 1 aliphatic rings. The third kappa shape index (κ3) is 3.26. The lowest BCUT2D eigenvalue weighted by Crippen LogP contribution is -2.31. The predicted octanol–water partition coefficient (Wildman–Crippen LogP) is 3.77. The van der Waals surface area contributed by atoms with Gasteiger partial charge in [-0.3, -0.25) is 4.79 Å². The molecule has 1 amide bonds. The Hall–Kier alpha value is -3.48. The number of aryl methyl sites for hydroxylation is 2. The zero-order chi connectivity index (χ0) is 19.7. The van der Waals surface area contributed by atoms with Crippen LogP contribution in [-0.2, 0) is 0 Å². The summed E-state index contributed by atoms with van der Waals surface area (Å²) in [7, 11) is 0. The Labute approximate surface area is 162 Å². The maximum atomic E-state index is 13.1. The van der Waals surface area contributed by atoms with Crippen molar-refractivity contribution >= 4 is 11.6 Å². The van der Waals surface area contributed by atoms with Gasteiger partial charge in [0.1, 0.15) is 6.04 Å². The minimum absolute atomic E-state index is 0.171. The average molecular weight is 376 g/mol. The van der Waals surface area contributed by atoms with Crippen molar-refractivity contribution in [2.75, 3.05) is 6.54 Å². The summed E-state index contributed by atoms with van der Waals surface area (Å²) in [6.45, 7) is 4.01. The van der Waals surface area contributed by atoms with E-state index in [2.05, 4.69) is 34.4 Å². The molecule has 1 aliphatic heterocycles. The summed E-state index contributed by atoms with van der Waals surface area (Å²) in [5, 5.41) is 16.3. The predicted molar refractivity (Wildman–Crippen MR) is 103 cm³/mol. The van der Waals surface area contributed by atoms with Gasteiger partial charge in [-0.15, -0.1) is 0 Å². The topological polar surface area (TPSA) is 91.8 Å². The van der Waals surface area contributed by atoms with Crippen LogP contribution in [0.4, 0.5) is 0 Å². The summed E-state index contributed by atoms with van der Waals surface area (Å²) in [6.07, 6.45) is 0.366. The minimum Gasteiger partial charge on any atom is -0.411 e. The van der Waals surface area contributed by atoms with Gasteiger partial charge in [0.05, 0.1) is 12.3 Å². The Kier molecular flexibility index (Phi) is 4.65. The van der Waals surface area contributed by atoms with Crippen LogP contribution >= 0.6 is 0 Å². The Balaban J connectivity index is 1.61. The fourth-order valence-electron chi connectivity index (χ4n) is 3.51. The van der Waals surface area contributed by atoms with Crippen LogP contribution in [0.25, 0.3) is 11.1 Å². The monoisotopic (exact) mass is 376 g/mol. The maximum absolute atomic E-state index is 13.1. The molecule has 28 heavy (non-hydrogen) atoms. The van der Waals surface area contributed by atoms with Crippen LogP contribution in [0, 0.1) is 13.8 Å². The van der Waals surface area contributed by atoms with Crippen molar-refractivity contribution in [2.45, 2.75) is 26.3 Å². The van der Waals surface area contributed by atoms with E-state index in [9.17, 15) is 10.0 Å². The summed E-state index contributed by atoms with van der Waals surface area (Å²) < 4.78 is 5.26. The number of hydrogen-bond acceptors (Lipinski definition) is 6. The third-order valence-corrected chi connectivity index (χ3v) is 4.98. The number of amides is 1. The van der Waals surface area contributed by atoms with E-state index in [1.165, 1.54) is 5.56 Å². The van der Waals surface area contributed by atoms with Gasteiger partial charge in [-0.05, 0) is 42.7 Å². The molecule has 3 aromatic rings. The van der Waals surface area contributed by atoms with E-state index < -0.39 is 6.04 Å². The lowest BCUT2D eigenvalue weighted by molar-refractivity contribution is 0.0713. The minimum atomic E-state index is -0.435. The second-order valence-corrected chi connectivity index (χ2v) is 6.89. The molecule has 1 N–H and O–H groups in total. The normalized spacial score (nSPS) is 18.0. The second-order valence-electron chi connectivity index (χ2n) is 6.89. The van der Waals surface area contributed by atoms with Gasteiger partial charge in [0.25, 0.3) is 5.91 Å². The molecule has 7 nitrogen and oxygen atoms in total. The molecule has 0 spiro atoms. The molecule has 0 bridgehead atoms. The molecule has 1 fully saturated rings. The molecule has 7 heteroatoms. The molecule has 1 atom stereocenters. The number of rotatable bonds is 3. The highest BCUT2D eigenvalue weighted by Crippen LogP contribution is 2.31. The Morgan fingerprint density at radius 3 is 2.57 bits per heavy atom. The molecule has 2 heterocycles. The molecule has 4 rings (SSSR count). The summed E-state index contributed by atoms with van der Waals surface area (Å²) in [5.41, 5.74) is 4.43. The number of hydrogen-bond donors (Lipinski definition) is 1. The van der Waals surface area contributed by atoms with Crippen molar-refractivity contribution in [3.63, 3.8) is 0 Å². The first-order chi connectivity index (χ1) is 13.6. The number of nitrogens with zero attached hydrogens (tertiary/aromatic N) is 4. The summed E-state index contributed by atoms with van der Waals surface area (Å²) in [4.78, 5) is 19.0. The number of carbonyl (C=O) groups is 1. The molecule has 0 unspecified atom stereocenters. The van der Waals surface area contributed by atoms with Crippen LogP contribution in [0.3, 0.4) is 0 Å². The number of oxime groups is 1. The highest BCUT2D eigenvalue weighted by Gasteiger charge is 2.38. The second kappa shape index (κ2) is 7.26. The summed E-state index contributed by atoms with van der Waals surface area (Å²) in [6, 6.07) is 15.2. The molecule has 2 aromatic carbocycles. The van der Waals surface area contributed by atoms with Crippen molar-refractivity contribution in [2.24, 2.45) is 5.16 Å². The fraction of sp³-hybridized carbons (Fsp3) is 0.238. The van der Waals surface area contributed by atoms with Crippen LogP contribution in [0.1, 0.15) is 40.1 Å². The maximum Gasteiger partial charge on any atom is 0.254 e. The van der Waals surface area contributed by atoms with Gasteiger partial charge in [0.2, 0.25) is 5.89 Å². The molecule has 1 aromatic heterocycles. The van der Waals surface area contributed by atoms with E-state index in [0.29, 0.717) is 29.4 Å². The van der Waals surface area contributed by atoms with Gasteiger partial charge in [-0.1, -0.05) is 46.7 Å². The van der Waals surface area contributed by atoms with Gasteiger partial charge in [0.15, 0.2) is 5.82 Å². The number of carbonyl (C=O) groups excluding carboxylic acids is 1. The fourth-order valence-corrected chi connectivity index (χ4v) is 3.51. The van der Waals surface area contributed by atoms with Crippen molar-refractivity contribution < 1.29 is 14.5 Å². The van der Waals surface area contributed by atoms with Gasteiger partial charge < -0.3 is 14.6 Å². The van der Waals surface area contributed by atoms with E-state index >= 15 is 0 Å². The highest BCUT2D eigenvalue weighted by atomic mass is 16.5. The zero-order valence-corrected chi connectivity index (χ0v) is 15.7. The van der Waals surface area contributed by atoms with Crippen LogP contribution in [-0.4, -0.2) is 38.4 Å². The Morgan fingerprint density at radius 1 is 1.18 bits per heavy atom. The van der Waals surface area contributed by atoms with E-state index in [1.807, 2.05) is 36.4 Å². The van der Waals surface area contributed by atoms with E-state index in [1.54, 1.807) is 11.8 Å². The SMILES string of the molecule is Cc1noc([C@@H]2C/C(=N\O)CN2C(=O)c2ccc(-c3ccccc3C)cc2)n1. The van der Waals surface area contributed by atoms with Crippen LogP contribution < -0.4 is 0 Å². The van der Waals surface area contributed by atoms with Crippen molar-refractivity contribution in [3.8, 4) is 11.1 Å². The average Bonchev–Trinajstić information content (AvgIpc) is 3.34. The molecule has 0 saturated carbocycles. The van der Waals surface area contributed by atoms with Crippen molar-refractivity contribution in [1.82, 2.24) is 15.0 Å². The van der Waals surface area contributed by atoms with Gasteiger partial charge in [-0.25, -0.2) is 0 Å². The van der Waals surface area contributed by atoms with Gasteiger partial charge >= 0.3 is 0 Å². The largest absolute Gasteiger partial charge is 0.411 e. The van der Waals surface area contributed by atoms with E-state index in [4.69, 9.17) is 4.52 Å². The van der Waals surface area contributed by atoms with Gasteiger partial charge in [0, 0.05) is 12.0 Å². The van der Waals surface area contributed by atoms with Crippen molar-refractivity contribution in [1.29, 1.82) is 0 Å². The molecule has 142 valence electrons. The summed E-state index contributed by atoms with van der Waals surface area (Å²) in [5.74, 6) is 0.677. The first-order valence-corrected chi connectivity index (χ1v) is 9.04. The molecule has 0 radical (unpaired) electrons. The smallest absolute Gasteiger partial charge is 0.254 e. The van der Waals surface area contributed by atoms with E-state index in [-0.39, 0.29) is 12.5 Å². The molecular weight excluding hydrogens is 356 g/mol. The third-order valence-electron chi connectivity index (χ3n) is 4.98. The Morgan fingerprint density at radius 2 is 1.93 bits per heavy atom. The van der Waals surface area contributed by atoms with Crippen LogP contribution in [0.5, 0.6) is 0 Å². The molecule has 0 aliphatic carbocycles. The van der Waals surface area contributed by atoms with Crippen LogP contribution in [0.15, 0.2) is 58.2 Å².